The Kier molecular flexibility index (Phi) is 10.7. The van der Waals surface area contributed by atoms with Crippen molar-refractivity contribution in [2.24, 2.45) is 0 Å². The molecule has 1 nitrogen and oxygen atoms in total. The highest BCUT2D eigenvalue weighted by atomic mass is 79.9. The summed E-state index contributed by atoms with van der Waals surface area (Å²) in [6, 6.07) is 62.5. The summed E-state index contributed by atoms with van der Waals surface area (Å²) in [6.45, 7) is 4.60. The predicted molar refractivity (Wildman–Crippen MR) is 237 cm³/mol. The van der Waals surface area contributed by atoms with Crippen LogP contribution in [0.4, 0.5) is 17.1 Å². The molecule has 0 unspecified atom stereocenters. The van der Waals surface area contributed by atoms with Crippen molar-refractivity contribution in [3.8, 4) is 33.4 Å². The Hall–Kier alpha value is -5.44. The fourth-order valence-corrected chi connectivity index (χ4v) is 8.39. The SMILES string of the molecule is CCCCc1ccc2ccccc2c1-c1c(CCCC)cc(-c2ccc(N(c3ccc(-c4ccccc4)cc3)c3cccc(Br)c3)cc2)c2ccccc12. The minimum absolute atomic E-state index is 1.05. The number of benzene rings is 8. The number of nitrogens with zero attached hydrogens (tertiary/aromatic N) is 1. The first-order valence-corrected chi connectivity index (χ1v) is 20.3. The van der Waals surface area contributed by atoms with E-state index in [-0.39, 0.29) is 0 Å². The molecule has 0 saturated heterocycles. The monoisotopic (exact) mass is 763 g/mol. The number of hydrogen-bond donors (Lipinski definition) is 0. The number of fused-ring (bicyclic) bond motifs is 2. The lowest BCUT2D eigenvalue weighted by molar-refractivity contribution is 0.792. The maximum Gasteiger partial charge on any atom is 0.0472 e. The molecule has 8 rings (SSSR count). The first-order valence-electron chi connectivity index (χ1n) is 19.5. The lowest BCUT2D eigenvalue weighted by Gasteiger charge is -2.26. The van der Waals surface area contributed by atoms with E-state index in [1.807, 2.05) is 0 Å². The molecule has 0 heterocycles. The largest absolute Gasteiger partial charge is 0.310 e. The minimum Gasteiger partial charge on any atom is -0.310 e. The van der Waals surface area contributed by atoms with Gasteiger partial charge in [0.2, 0.25) is 0 Å². The second kappa shape index (κ2) is 16.3. The van der Waals surface area contributed by atoms with Crippen molar-refractivity contribution >= 4 is 54.5 Å². The number of rotatable bonds is 12. The Balaban J connectivity index is 1.26. The molecule has 0 bridgehead atoms. The van der Waals surface area contributed by atoms with Crippen LogP contribution in [0.2, 0.25) is 0 Å². The topological polar surface area (TPSA) is 3.24 Å². The van der Waals surface area contributed by atoms with Gasteiger partial charge in [0.15, 0.2) is 0 Å². The number of anilines is 3. The molecule has 266 valence electrons. The molecule has 0 aliphatic heterocycles. The smallest absolute Gasteiger partial charge is 0.0472 e. The third-order valence-corrected chi connectivity index (χ3v) is 11.2. The second-order valence-corrected chi connectivity index (χ2v) is 15.2. The van der Waals surface area contributed by atoms with Crippen molar-refractivity contribution in [3.63, 3.8) is 0 Å². The van der Waals surface area contributed by atoms with Crippen LogP contribution in [0, 0.1) is 0 Å². The number of hydrogen-bond acceptors (Lipinski definition) is 1. The van der Waals surface area contributed by atoms with E-state index in [0.29, 0.717) is 0 Å². The molecule has 0 aliphatic carbocycles. The fourth-order valence-electron chi connectivity index (χ4n) is 8.01. The number of aryl methyl sites for hydroxylation is 2. The van der Waals surface area contributed by atoms with Gasteiger partial charge in [0, 0.05) is 21.5 Å². The normalized spacial score (nSPS) is 11.3. The minimum atomic E-state index is 1.05. The van der Waals surface area contributed by atoms with Crippen molar-refractivity contribution in [2.75, 3.05) is 4.90 Å². The van der Waals surface area contributed by atoms with Crippen LogP contribution in [0.3, 0.4) is 0 Å². The Morgan fingerprint density at radius 2 is 1.00 bits per heavy atom. The lowest BCUT2D eigenvalue weighted by Crippen LogP contribution is -2.09. The zero-order valence-electron chi connectivity index (χ0n) is 31.2. The maximum atomic E-state index is 3.73. The molecule has 54 heavy (non-hydrogen) atoms. The van der Waals surface area contributed by atoms with Gasteiger partial charge in [0.1, 0.15) is 0 Å². The van der Waals surface area contributed by atoms with E-state index >= 15 is 0 Å². The molecular formula is C52H46BrN. The summed E-state index contributed by atoms with van der Waals surface area (Å²) < 4.78 is 1.05. The van der Waals surface area contributed by atoms with Crippen LogP contribution in [0.5, 0.6) is 0 Å². The third-order valence-electron chi connectivity index (χ3n) is 10.7. The van der Waals surface area contributed by atoms with Crippen LogP contribution in [-0.2, 0) is 12.8 Å². The van der Waals surface area contributed by atoms with Gasteiger partial charge in [0.25, 0.3) is 0 Å². The van der Waals surface area contributed by atoms with E-state index in [4.69, 9.17) is 0 Å². The number of halogens is 1. The van der Waals surface area contributed by atoms with Gasteiger partial charge in [-0.2, -0.15) is 0 Å². The van der Waals surface area contributed by atoms with Gasteiger partial charge in [0.05, 0.1) is 0 Å². The molecule has 0 aromatic heterocycles. The molecule has 0 aliphatic rings. The highest BCUT2D eigenvalue weighted by molar-refractivity contribution is 9.10. The highest BCUT2D eigenvalue weighted by Gasteiger charge is 2.20. The van der Waals surface area contributed by atoms with Crippen molar-refractivity contribution < 1.29 is 0 Å². The molecule has 0 radical (unpaired) electrons. The van der Waals surface area contributed by atoms with E-state index in [1.165, 1.54) is 78.9 Å². The second-order valence-electron chi connectivity index (χ2n) is 14.3. The maximum absolute atomic E-state index is 3.73. The Morgan fingerprint density at radius 1 is 0.426 bits per heavy atom. The summed E-state index contributed by atoms with van der Waals surface area (Å²) in [5.41, 5.74) is 14.0. The van der Waals surface area contributed by atoms with Crippen molar-refractivity contribution in [1.82, 2.24) is 0 Å². The van der Waals surface area contributed by atoms with E-state index in [0.717, 1.165) is 47.2 Å². The standard InChI is InChI=1S/C52H46BrN/c1-3-5-15-41-26-25-39-19-10-11-22-47(39)51(41)52-42(16-6-4-2)35-50(48-23-12-13-24-49(48)52)40-29-33-45(34-30-40)54(46-21-14-20-43(53)36-46)44-31-27-38(28-32-44)37-17-8-7-9-18-37/h7-14,17-36H,3-6,15-16H2,1-2H3. The molecule has 0 fully saturated rings. The van der Waals surface area contributed by atoms with E-state index in [1.54, 1.807) is 0 Å². The van der Waals surface area contributed by atoms with Gasteiger partial charge >= 0.3 is 0 Å². The summed E-state index contributed by atoms with van der Waals surface area (Å²) in [4.78, 5) is 2.34. The molecule has 0 atom stereocenters. The van der Waals surface area contributed by atoms with Gasteiger partial charge < -0.3 is 4.90 Å². The molecule has 8 aromatic carbocycles. The van der Waals surface area contributed by atoms with Gasteiger partial charge in [-0.3, -0.25) is 0 Å². The van der Waals surface area contributed by atoms with Crippen LogP contribution in [0.15, 0.2) is 174 Å². The summed E-state index contributed by atoms with van der Waals surface area (Å²) in [6.07, 6.45) is 6.82. The van der Waals surface area contributed by atoms with Crippen LogP contribution in [0.1, 0.15) is 50.7 Å². The van der Waals surface area contributed by atoms with Gasteiger partial charge in [-0.1, -0.05) is 164 Å². The lowest BCUT2D eigenvalue weighted by atomic mass is 9.82. The van der Waals surface area contributed by atoms with Crippen molar-refractivity contribution in [3.05, 3.63) is 185 Å². The summed E-state index contributed by atoms with van der Waals surface area (Å²) in [5, 5.41) is 5.31. The van der Waals surface area contributed by atoms with Crippen LogP contribution in [0.25, 0.3) is 54.9 Å². The predicted octanol–water partition coefficient (Wildman–Crippen LogP) is 15.9. The van der Waals surface area contributed by atoms with Crippen molar-refractivity contribution in [2.45, 2.75) is 52.4 Å². The summed E-state index contributed by atoms with van der Waals surface area (Å²) in [7, 11) is 0. The molecule has 0 amide bonds. The molecule has 0 spiro atoms. The molecule has 8 aromatic rings. The van der Waals surface area contributed by atoms with Crippen LogP contribution < -0.4 is 4.90 Å². The van der Waals surface area contributed by atoms with Crippen LogP contribution >= 0.6 is 15.9 Å². The zero-order chi connectivity index (χ0) is 36.9. The Morgan fingerprint density at radius 3 is 1.69 bits per heavy atom. The highest BCUT2D eigenvalue weighted by Crippen LogP contribution is 2.44. The summed E-state index contributed by atoms with van der Waals surface area (Å²) >= 11 is 3.73. The Labute approximate surface area is 329 Å². The molecular weight excluding hydrogens is 718 g/mol. The zero-order valence-corrected chi connectivity index (χ0v) is 32.8. The van der Waals surface area contributed by atoms with E-state index in [2.05, 4.69) is 205 Å². The van der Waals surface area contributed by atoms with Crippen molar-refractivity contribution in [1.29, 1.82) is 0 Å². The first-order chi connectivity index (χ1) is 26.6. The van der Waals surface area contributed by atoms with E-state index < -0.39 is 0 Å². The quantitative estimate of drug-likeness (QED) is 0.120. The van der Waals surface area contributed by atoms with Gasteiger partial charge in [-0.15, -0.1) is 0 Å². The van der Waals surface area contributed by atoms with Gasteiger partial charge in [-0.05, 0) is 140 Å². The number of unbranched alkanes of at least 4 members (excludes halogenated alkanes) is 2. The molecule has 0 N–H and O–H groups in total. The van der Waals surface area contributed by atoms with Crippen LogP contribution in [-0.4, -0.2) is 0 Å². The Bertz CT molecular complexity index is 2520. The average molecular weight is 765 g/mol. The summed E-state index contributed by atoms with van der Waals surface area (Å²) in [5.74, 6) is 0. The molecule has 0 saturated carbocycles. The van der Waals surface area contributed by atoms with E-state index in [9.17, 15) is 0 Å². The average Bonchev–Trinajstić information content (AvgIpc) is 3.22. The fraction of sp³-hybridized carbons (Fsp3) is 0.154. The third kappa shape index (κ3) is 7.24. The van der Waals surface area contributed by atoms with Gasteiger partial charge in [-0.25, -0.2) is 0 Å². The molecule has 2 heteroatoms. The first kappa shape index (κ1) is 35.6.